The van der Waals surface area contributed by atoms with Crippen molar-refractivity contribution < 1.29 is 23.8 Å². The number of benzene rings is 1. The average Bonchev–Trinajstić information content (AvgIpc) is 3.30. The number of thiophene rings is 1. The van der Waals surface area contributed by atoms with Gasteiger partial charge in [0, 0.05) is 55.8 Å². The number of nitrogens with zero attached hydrogens (tertiary/aromatic N) is 2. The van der Waals surface area contributed by atoms with Gasteiger partial charge in [-0.25, -0.2) is 0 Å². The molecule has 33 heavy (non-hydrogen) atoms. The van der Waals surface area contributed by atoms with Crippen molar-refractivity contribution in [1.29, 1.82) is 0 Å². The minimum atomic E-state index is -0.270. The molecule has 1 N–H and O–H groups in total. The predicted octanol–water partition coefficient (Wildman–Crippen LogP) is 2.10. The van der Waals surface area contributed by atoms with E-state index in [0.717, 1.165) is 57.1 Å². The summed E-state index contributed by atoms with van der Waals surface area (Å²) < 4.78 is 17.1. The highest BCUT2D eigenvalue weighted by molar-refractivity contribution is 7.13. The Kier molecular flexibility index (Phi) is 7.03. The van der Waals surface area contributed by atoms with Crippen molar-refractivity contribution in [2.45, 2.75) is 12.6 Å². The maximum absolute atomic E-state index is 12.8. The highest BCUT2D eigenvalue weighted by Crippen LogP contribution is 2.43. The molecule has 1 aromatic carbocycles. The number of carbonyl (C=O) groups is 2. The van der Waals surface area contributed by atoms with E-state index in [0.29, 0.717) is 42.4 Å². The number of morpholine rings is 2. The normalized spacial score (nSPS) is 21.9. The van der Waals surface area contributed by atoms with Crippen LogP contribution in [0.1, 0.15) is 26.5 Å². The number of fused-ring (bicyclic) bond motifs is 1. The van der Waals surface area contributed by atoms with Gasteiger partial charge in [-0.3, -0.25) is 19.4 Å². The van der Waals surface area contributed by atoms with E-state index in [2.05, 4.69) is 15.1 Å². The van der Waals surface area contributed by atoms with Gasteiger partial charge in [-0.05, 0) is 17.7 Å². The summed E-state index contributed by atoms with van der Waals surface area (Å²) in [4.78, 5) is 30.7. The Morgan fingerprint density at radius 1 is 1.09 bits per heavy atom. The third-order valence-corrected chi connectivity index (χ3v) is 7.32. The Morgan fingerprint density at radius 3 is 2.64 bits per heavy atom. The maximum Gasteiger partial charge on any atom is 0.251 e. The molecule has 1 aromatic heterocycles. The Labute approximate surface area is 197 Å². The van der Waals surface area contributed by atoms with Gasteiger partial charge in [-0.15, -0.1) is 11.3 Å². The second kappa shape index (κ2) is 10.3. The van der Waals surface area contributed by atoms with Gasteiger partial charge in [-0.2, -0.15) is 0 Å². The van der Waals surface area contributed by atoms with Gasteiger partial charge >= 0.3 is 0 Å². The number of ether oxygens (including phenoxy) is 3. The minimum absolute atomic E-state index is 0.0996. The van der Waals surface area contributed by atoms with Crippen LogP contribution in [0, 0.1) is 0 Å². The van der Waals surface area contributed by atoms with E-state index in [-0.39, 0.29) is 17.9 Å². The third kappa shape index (κ3) is 5.12. The SMILES string of the molecule is O=C(NCCN1CCOCC1)c1cccc(-c2csc3c2OC(N2CCOCC2)CC3=O)c1. The molecule has 0 spiro atoms. The lowest BCUT2D eigenvalue weighted by Crippen LogP contribution is -2.48. The molecule has 4 heterocycles. The summed E-state index contributed by atoms with van der Waals surface area (Å²) in [6, 6.07) is 7.52. The molecule has 3 aliphatic heterocycles. The van der Waals surface area contributed by atoms with E-state index < -0.39 is 0 Å². The fraction of sp³-hybridized carbons (Fsp3) is 0.500. The van der Waals surface area contributed by atoms with Crippen molar-refractivity contribution in [1.82, 2.24) is 15.1 Å². The number of hydrogen-bond acceptors (Lipinski definition) is 8. The van der Waals surface area contributed by atoms with Gasteiger partial charge in [0.15, 0.2) is 17.8 Å². The van der Waals surface area contributed by atoms with E-state index in [9.17, 15) is 9.59 Å². The number of nitrogens with one attached hydrogen (secondary N) is 1. The maximum atomic E-state index is 12.8. The van der Waals surface area contributed by atoms with Crippen LogP contribution in [0.3, 0.4) is 0 Å². The van der Waals surface area contributed by atoms with Crippen molar-refractivity contribution in [2.75, 3.05) is 65.7 Å². The molecule has 2 saturated heterocycles. The van der Waals surface area contributed by atoms with E-state index in [1.54, 1.807) is 0 Å². The molecular formula is C24H29N3O5S. The number of ketones is 1. The number of rotatable bonds is 6. The monoisotopic (exact) mass is 471 g/mol. The lowest BCUT2D eigenvalue weighted by molar-refractivity contribution is -0.0483. The first-order valence-electron chi connectivity index (χ1n) is 11.5. The largest absolute Gasteiger partial charge is 0.472 e. The van der Waals surface area contributed by atoms with Gasteiger partial charge in [-0.1, -0.05) is 12.1 Å². The predicted molar refractivity (Wildman–Crippen MR) is 125 cm³/mol. The van der Waals surface area contributed by atoms with Crippen molar-refractivity contribution in [3.05, 3.63) is 40.1 Å². The summed E-state index contributed by atoms with van der Waals surface area (Å²) in [5, 5.41) is 4.97. The van der Waals surface area contributed by atoms with Crippen LogP contribution >= 0.6 is 11.3 Å². The van der Waals surface area contributed by atoms with Crippen LogP contribution in [0.15, 0.2) is 29.6 Å². The zero-order valence-electron chi connectivity index (χ0n) is 18.6. The van der Waals surface area contributed by atoms with Crippen LogP contribution in [0.25, 0.3) is 11.1 Å². The van der Waals surface area contributed by atoms with Crippen LogP contribution < -0.4 is 10.1 Å². The quantitative estimate of drug-likeness (QED) is 0.691. The summed E-state index contributed by atoms with van der Waals surface area (Å²) in [7, 11) is 0. The standard InChI is InChI=1S/C24H29N3O5S/c28-20-15-21(27-8-12-31-13-9-27)32-22-19(16-33-23(20)22)17-2-1-3-18(14-17)24(29)25-4-5-26-6-10-30-11-7-26/h1-3,14,16,21H,4-13,15H2,(H,25,29). The molecular weight excluding hydrogens is 442 g/mol. The third-order valence-electron chi connectivity index (χ3n) is 6.32. The molecule has 8 nitrogen and oxygen atoms in total. The molecule has 3 aliphatic rings. The van der Waals surface area contributed by atoms with Crippen LogP contribution in [-0.2, 0) is 9.47 Å². The molecule has 0 saturated carbocycles. The Hall–Kier alpha value is -2.30. The molecule has 0 bridgehead atoms. The second-order valence-corrected chi connectivity index (χ2v) is 9.33. The van der Waals surface area contributed by atoms with Crippen LogP contribution in [-0.4, -0.2) is 93.4 Å². The number of hydrogen-bond donors (Lipinski definition) is 1. The van der Waals surface area contributed by atoms with Crippen LogP contribution in [0.2, 0.25) is 0 Å². The van der Waals surface area contributed by atoms with Gasteiger partial charge in [0.25, 0.3) is 5.91 Å². The molecule has 9 heteroatoms. The highest BCUT2D eigenvalue weighted by Gasteiger charge is 2.34. The number of amides is 1. The summed E-state index contributed by atoms with van der Waals surface area (Å²) in [5.74, 6) is 0.649. The smallest absolute Gasteiger partial charge is 0.251 e. The lowest BCUT2D eigenvalue weighted by atomic mass is 10.0. The van der Waals surface area contributed by atoms with E-state index in [1.807, 2.05) is 29.6 Å². The lowest BCUT2D eigenvalue weighted by Gasteiger charge is -2.36. The van der Waals surface area contributed by atoms with Gasteiger partial charge in [0.2, 0.25) is 0 Å². The number of Topliss-reactive ketones (excluding diaryl/α,β-unsaturated/α-hetero) is 1. The molecule has 5 rings (SSSR count). The van der Waals surface area contributed by atoms with Crippen LogP contribution in [0.4, 0.5) is 0 Å². The van der Waals surface area contributed by atoms with Gasteiger partial charge < -0.3 is 19.5 Å². The molecule has 2 aromatic rings. The first-order valence-corrected chi connectivity index (χ1v) is 12.4. The van der Waals surface area contributed by atoms with Gasteiger partial charge in [0.1, 0.15) is 4.88 Å². The zero-order chi connectivity index (χ0) is 22.6. The summed E-state index contributed by atoms with van der Waals surface area (Å²) in [6.07, 6.45) is 0.0901. The minimum Gasteiger partial charge on any atom is -0.472 e. The highest BCUT2D eigenvalue weighted by atomic mass is 32.1. The topological polar surface area (TPSA) is 80.3 Å². The molecule has 0 aliphatic carbocycles. The van der Waals surface area contributed by atoms with Crippen molar-refractivity contribution in [3.8, 4) is 16.9 Å². The molecule has 1 unspecified atom stereocenters. The fourth-order valence-electron chi connectivity index (χ4n) is 4.44. The van der Waals surface area contributed by atoms with Gasteiger partial charge in [0.05, 0.1) is 32.8 Å². The van der Waals surface area contributed by atoms with E-state index in [1.165, 1.54) is 11.3 Å². The van der Waals surface area contributed by atoms with Crippen LogP contribution in [0.5, 0.6) is 5.75 Å². The average molecular weight is 472 g/mol. The van der Waals surface area contributed by atoms with E-state index in [4.69, 9.17) is 14.2 Å². The first kappa shape index (κ1) is 22.5. The van der Waals surface area contributed by atoms with Crippen molar-refractivity contribution in [3.63, 3.8) is 0 Å². The van der Waals surface area contributed by atoms with Crippen molar-refractivity contribution >= 4 is 23.0 Å². The molecule has 176 valence electrons. The molecule has 0 radical (unpaired) electrons. The molecule has 1 atom stereocenters. The number of carbonyl (C=O) groups excluding carboxylic acids is 2. The molecule has 2 fully saturated rings. The Balaban J connectivity index is 1.28. The summed E-state index contributed by atoms with van der Waals surface area (Å²) in [6.45, 7) is 7.52. The van der Waals surface area contributed by atoms with E-state index >= 15 is 0 Å². The summed E-state index contributed by atoms with van der Waals surface area (Å²) >= 11 is 1.41. The zero-order valence-corrected chi connectivity index (χ0v) is 19.4. The van der Waals surface area contributed by atoms with Crippen molar-refractivity contribution in [2.24, 2.45) is 0 Å². The molecule has 1 amide bonds. The fourth-order valence-corrected chi connectivity index (χ4v) is 5.39. The Morgan fingerprint density at radius 2 is 1.85 bits per heavy atom. The summed E-state index contributed by atoms with van der Waals surface area (Å²) in [5.41, 5.74) is 2.34. The first-order chi connectivity index (χ1) is 16.2. The second-order valence-electron chi connectivity index (χ2n) is 8.45. The Bertz CT molecular complexity index is 998.